The Bertz CT molecular complexity index is 615. The van der Waals surface area contributed by atoms with Gasteiger partial charge in [0.15, 0.2) is 5.11 Å². The minimum Gasteiger partial charge on any atom is -0.463 e. The second kappa shape index (κ2) is 6.22. The first-order valence-corrected chi connectivity index (χ1v) is 7.04. The van der Waals surface area contributed by atoms with E-state index in [1.807, 2.05) is 0 Å². The van der Waals surface area contributed by atoms with Gasteiger partial charge < -0.3 is 15.0 Å². The number of ether oxygens (including phenoxy) is 1. The van der Waals surface area contributed by atoms with E-state index in [0.29, 0.717) is 21.9 Å². The maximum Gasteiger partial charge on any atom is 0.338 e. The number of nitrogens with zero attached hydrogens (tertiary/aromatic N) is 1. The number of thiocarbonyl (C=S) groups is 1. The quantitative estimate of drug-likeness (QED) is 0.686. The Labute approximate surface area is 128 Å². The summed E-state index contributed by atoms with van der Waals surface area (Å²) in [5.74, 6) is -0.859. The van der Waals surface area contributed by atoms with Crippen molar-refractivity contribution >= 4 is 23.3 Å². The number of allylic oxidation sites excluding steroid dienone is 1. The molecule has 0 saturated heterocycles. The summed E-state index contributed by atoms with van der Waals surface area (Å²) < 4.78 is 19.2. The Balaban J connectivity index is 2.54. The summed E-state index contributed by atoms with van der Waals surface area (Å²) in [6.45, 7) is 3.76. The summed E-state index contributed by atoms with van der Waals surface area (Å²) in [7, 11) is 1.75. The van der Waals surface area contributed by atoms with Gasteiger partial charge in [-0.1, -0.05) is 18.2 Å². The number of nitrogens with one attached hydrogen (secondary N) is 1. The van der Waals surface area contributed by atoms with Crippen molar-refractivity contribution < 1.29 is 13.9 Å². The maximum atomic E-state index is 14.1. The van der Waals surface area contributed by atoms with E-state index in [-0.39, 0.29) is 6.61 Å². The summed E-state index contributed by atoms with van der Waals surface area (Å²) >= 11 is 5.24. The van der Waals surface area contributed by atoms with Gasteiger partial charge in [-0.2, -0.15) is 0 Å². The number of carbonyl (C=O) groups is 1. The molecule has 0 aliphatic carbocycles. The van der Waals surface area contributed by atoms with Crippen LogP contribution < -0.4 is 5.32 Å². The van der Waals surface area contributed by atoms with Crippen LogP contribution in [0.1, 0.15) is 25.5 Å². The minimum atomic E-state index is -0.644. The highest BCUT2D eigenvalue weighted by molar-refractivity contribution is 7.80. The summed E-state index contributed by atoms with van der Waals surface area (Å²) in [6, 6.07) is 5.67. The van der Waals surface area contributed by atoms with Gasteiger partial charge in [0, 0.05) is 18.3 Å². The number of benzene rings is 1. The van der Waals surface area contributed by atoms with E-state index in [2.05, 4.69) is 5.32 Å². The number of hydrogen-bond donors (Lipinski definition) is 1. The lowest BCUT2D eigenvalue weighted by Crippen LogP contribution is -2.46. The van der Waals surface area contributed by atoms with Crippen LogP contribution in [0.4, 0.5) is 4.39 Å². The molecule has 1 atom stereocenters. The lowest BCUT2D eigenvalue weighted by atomic mass is 9.95. The van der Waals surface area contributed by atoms with Crippen LogP contribution in [0.3, 0.4) is 0 Å². The SMILES string of the molecule is CCOC(=O)C1=C(C)N(C)C(=S)NC1c1ccccc1F. The third-order valence-electron chi connectivity index (χ3n) is 3.47. The number of hydrogen-bond acceptors (Lipinski definition) is 3. The highest BCUT2D eigenvalue weighted by Crippen LogP contribution is 2.31. The first kappa shape index (κ1) is 15.4. The van der Waals surface area contributed by atoms with Gasteiger partial charge in [-0.3, -0.25) is 0 Å². The number of rotatable bonds is 3. The molecule has 0 spiro atoms. The third-order valence-corrected chi connectivity index (χ3v) is 3.86. The fourth-order valence-corrected chi connectivity index (χ4v) is 2.51. The normalized spacial score (nSPS) is 18.6. The zero-order chi connectivity index (χ0) is 15.6. The minimum absolute atomic E-state index is 0.258. The first-order valence-electron chi connectivity index (χ1n) is 6.63. The standard InChI is InChI=1S/C15H17FN2O2S/c1-4-20-14(19)12-9(2)18(3)15(21)17-13(12)10-7-5-6-8-11(10)16/h5-8,13H,4H2,1-3H3,(H,17,21). The number of carbonyl (C=O) groups excluding carboxylic acids is 1. The van der Waals surface area contributed by atoms with Crippen molar-refractivity contribution in [1.29, 1.82) is 0 Å². The van der Waals surface area contributed by atoms with Gasteiger partial charge >= 0.3 is 5.97 Å². The highest BCUT2D eigenvalue weighted by atomic mass is 32.1. The molecular formula is C15H17FN2O2S. The topological polar surface area (TPSA) is 41.6 Å². The fourth-order valence-electron chi connectivity index (χ4n) is 2.25. The summed E-state index contributed by atoms with van der Waals surface area (Å²) in [5.41, 5.74) is 1.40. The van der Waals surface area contributed by atoms with Crippen LogP contribution in [-0.4, -0.2) is 29.6 Å². The molecule has 112 valence electrons. The van der Waals surface area contributed by atoms with Crippen LogP contribution in [0.15, 0.2) is 35.5 Å². The smallest absolute Gasteiger partial charge is 0.338 e. The van der Waals surface area contributed by atoms with Crippen LogP contribution >= 0.6 is 12.2 Å². The Morgan fingerprint density at radius 3 is 2.76 bits per heavy atom. The summed E-state index contributed by atoms with van der Waals surface area (Å²) in [6.07, 6.45) is 0. The highest BCUT2D eigenvalue weighted by Gasteiger charge is 2.34. The van der Waals surface area contributed by atoms with Crippen LogP contribution in [0, 0.1) is 5.82 Å². The van der Waals surface area contributed by atoms with E-state index < -0.39 is 17.8 Å². The van der Waals surface area contributed by atoms with E-state index in [4.69, 9.17) is 17.0 Å². The third kappa shape index (κ3) is 2.90. The van der Waals surface area contributed by atoms with Crippen molar-refractivity contribution in [2.45, 2.75) is 19.9 Å². The van der Waals surface area contributed by atoms with E-state index in [9.17, 15) is 9.18 Å². The largest absolute Gasteiger partial charge is 0.463 e. The fraction of sp³-hybridized carbons (Fsp3) is 0.333. The number of esters is 1. The van der Waals surface area contributed by atoms with Gasteiger partial charge in [0.1, 0.15) is 5.82 Å². The van der Waals surface area contributed by atoms with Gasteiger partial charge in [-0.25, -0.2) is 9.18 Å². The van der Waals surface area contributed by atoms with Crippen molar-refractivity contribution in [2.75, 3.05) is 13.7 Å². The van der Waals surface area contributed by atoms with Crippen molar-refractivity contribution in [2.24, 2.45) is 0 Å². The van der Waals surface area contributed by atoms with Gasteiger partial charge in [0.2, 0.25) is 0 Å². The first-order chi connectivity index (χ1) is 9.97. The van der Waals surface area contributed by atoms with Crippen molar-refractivity contribution in [3.05, 3.63) is 46.9 Å². The summed E-state index contributed by atoms with van der Waals surface area (Å²) in [5, 5.41) is 3.44. The predicted molar refractivity (Wildman–Crippen MR) is 82.0 cm³/mol. The lowest BCUT2D eigenvalue weighted by molar-refractivity contribution is -0.139. The molecule has 0 amide bonds. The van der Waals surface area contributed by atoms with Gasteiger partial charge in [0.05, 0.1) is 18.2 Å². The van der Waals surface area contributed by atoms with Crippen LogP contribution in [0.2, 0.25) is 0 Å². The zero-order valence-electron chi connectivity index (χ0n) is 12.1. The van der Waals surface area contributed by atoms with E-state index in [1.165, 1.54) is 6.07 Å². The van der Waals surface area contributed by atoms with Crippen molar-refractivity contribution in [3.63, 3.8) is 0 Å². The predicted octanol–water partition coefficient (Wildman–Crippen LogP) is 2.52. The van der Waals surface area contributed by atoms with Crippen molar-refractivity contribution in [1.82, 2.24) is 10.2 Å². The monoisotopic (exact) mass is 308 g/mol. The second-order valence-electron chi connectivity index (χ2n) is 4.68. The van der Waals surface area contributed by atoms with Crippen molar-refractivity contribution in [3.8, 4) is 0 Å². The molecule has 1 aromatic carbocycles. The molecule has 0 aromatic heterocycles. The molecule has 0 fully saturated rings. The molecule has 4 nitrogen and oxygen atoms in total. The molecule has 0 saturated carbocycles. The Morgan fingerprint density at radius 2 is 2.14 bits per heavy atom. The molecule has 1 aromatic rings. The molecular weight excluding hydrogens is 291 g/mol. The second-order valence-corrected chi connectivity index (χ2v) is 5.07. The molecule has 0 radical (unpaired) electrons. The Hall–Kier alpha value is -1.95. The molecule has 21 heavy (non-hydrogen) atoms. The Morgan fingerprint density at radius 1 is 1.48 bits per heavy atom. The molecule has 6 heteroatoms. The average Bonchev–Trinajstić information content (AvgIpc) is 2.45. The molecule has 1 aliphatic heterocycles. The van der Waals surface area contributed by atoms with Gasteiger partial charge in [-0.05, 0) is 32.1 Å². The average molecular weight is 308 g/mol. The summed E-state index contributed by atoms with van der Waals surface area (Å²) in [4.78, 5) is 13.9. The van der Waals surface area contributed by atoms with Gasteiger partial charge in [-0.15, -0.1) is 0 Å². The molecule has 1 aliphatic rings. The Kier molecular flexibility index (Phi) is 4.57. The molecule has 1 unspecified atom stereocenters. The zero-order valence-corrected chi connectivity index (χ0v) is 13.0. The number of halogens is 1. The van der Waals surface area contributed by atoms with Crippen LogP contribution in [-0.2, 0) is 9.53 Å². The maximum absolute atomic E-state index is 14.1. The lowest BCUT2D eigenvalue weighted by Gasteiger charge is -2.35. The van der Waals surface area contributed by atoms with Crippen LogP contribution in [0.25, 0.3) is 0 Å². The molecule has 1 N–H and O–H groups in total. The van der Waals surface area contributed by atoms with E-state index in [1.54, 1.807) is 44.0 Å². The molecule has 0 bridgehead atoms. The van der Waals surface area contributed by atoms with E-state index >= 15 is 0 Å². The van der Waals surface area contributed by atoms with E-state index in [0.717, 1.165) is 0 Å². The van der Waals surface area contributed by atoms with Gasteiger partial charge in [0.25, 0.3) is 0 Å². The molecule has 1 heterocycles. The molecule has 2 rings (SSSR count). The van der Waals surface area contributed by atoms with Crippen LogP contribution in [0.5, 0.6) is 0 Å².